The highest BCUT2D eigenvalue weighted by atomic mass is 32.1. The largest absolute Gasteiger partial charge is 0.310 e. The summed E-state index contributed by atoms with van der Waals surface area (Å²) in [5.74, 6) is 0. The first kappa shape index (κ1) is 11.2. The van der Waals surface area contributed by atoms with Crippen molar-refractivity contribution in [3.8, 4) is 0 Å². The van der Waals surface area contributed by atoms with Crippen LogP contribution in [0.2, 0.25) is 0 Å². The van der Waals surface area contributed by atoms with Crippen LogP contribution >= 0.6 is 11.3 Å². The summed E-state index contributed by atoms with van der Waals surface area (Å²) in [4.78, 5) is 0. The van der Waals surface area contributed by atoms with Gasteiger partial charge < -0.3 is 5.32 Å². The van der Waals surface area contributed by atoms with Crippen molar-refractivity contribution in [2.45, 2.75) is 45.6 Å². The summed E-state index contributed by atoms with van der Waals surface area (Å²) in [7, 11) is 0. The average Bonchev–Trinajstić information content (AvgIpc) is 2.85. The predicted octanol–water partition coefficient (Wildman–Crippen LogP) is 3.98. The van der Waals surface area contributed by atoms with Gasteiger partial charge in [0, 0.05) is 6.04 Å². The van der Waals surface area contributed by atoms with Gasteiger partial charge in [0.25, 0.3) is 0 Å². The Morgan fingerprint density at radius 3 is 2.73 bits per heavy atom. The molecule has 0 saturated heterocycles. The predicted molar refractivity (Wildman–Crippen MR) is 67.3 cm³/mol. The second-order valence-electron chi connectivity index (χ2n) is 4.91. The lowest BCUT2D eigenvalue weighted by Crippen LogP contribution is -2.34. The van der Waals surface area contributed by atoms with Crippen molar-refractivity contribution in [2.24, 2.45) is 5.41 Å². The Bertz CT molecular complexity index is 285. The van der Waals surface area contributed by atoms with Crippen LogP contribution in [0.4, 0.5) is 0 Å². The molecule has 1 saturated carbocycles. The molecule has 1 unspecified atom stereocenters. The van der Waals surface area contributed by atoms with Gasteiger partial charge in [0.2, 0.25) is 0 Å². The zero-order chi connectivity index (χ0) is 10.7. The normalized spacial score (nSPS) is 21.7. The van der Waals surface area contributed by atoms with Crippen LogP contribution in [0.25, 0.3) is 0 Å². The lowest BCUT2D eigenvalue weighted by molar-refractivity contribution is 0.226. The van der Waals surface area contributed by atoms with Crippen LogP contribution in [0.15, 0.2) is 16.8 Å². The summed E-state index contributed by atoms with van der Waals surface area (Å²) in [6, 6.07) is 2.85. The Kier molecular flexibility index (Phi) is 3.47. The number of thiophene rings is 1. The van der Waals surface area contributed by atoms with Gasteiger partial charge in [0.05, 0.1) is 0 Å². The molecule has 0 aromatic carbocycles. The van der Waals surface area contributed by atoms with Gasteiger partial charge in [-0.3, -0.25) is 0 Å². The van der Waals surface area contributed by atoms with Crippen LogP contribution in [0.5, 0.6) is 0 Å². The molecule has 0 spiro atoms. The fourth-order valence-corrected chi connectivity index (χ4v) is 3.57. The van der Waals surface area contributed by atoms with Crippen molar-refractivity contribution in [3.63, 3.8) is 0 Å². The number of hydrogen-bond acceptors (Lipinski definition) is 2. The third-order valence-electron chi connectivity index (χ3n) is 3.73. The highest BCUT2D eigenvalue weighted by molar-refractivity contribution is 7.07. The number of nitrogens with one attached hydrogen (secondary N) is 1. The first-order chi connectivity index (χ1) is 7.26. The highest BCUT2D eigenvalue weighted by Crippen LogP contribution is 2.47. The van der Waals surface area contributed by atoms with Gasteiger partial charge in [0.1, 0.15) is 0 Å². The molecule has 1 aromatic heterocycles. The maximum Gasteiger partial charge on any atom is 0.0382 e. The topological polar surface area (TPSA) is 12.0 Å². The molecule has 1 N–H and O–H groups in total. The molecule has 84 valence electrons. The van der Waals surface area contributed by atoms with Gasteiger partial charge >= 0.3 is 0 Å². The van der Waals surface area contributed by atoms with Gasteiger partial charge in [-0.05, 0) is 47.2 Å². The summed E-state index contributed by atoms with van der Waals surface area (Å²) in [5.41, 5.74) is 1.98. The Morgan fingerprint density at radius 1 is 1.47 bits per heavy atom. The van der Waals surface area contributed by atoms with Crippen LogP contribution in [0, 0.1) is 5.41 Å². The van der Waals surface area contributed by atoms with Crippen molar-refractivity contribution < 1.29 is 0 Å². The molecule has 0 amide bonds. The summed E-state index contributed by atoms with van der Waals surface area (Å²) >= 11 is 1.81. The van der Waals surface area contributed by atoms with Crippen molar-refractivity contribution in [1.82, 2.24) is 5.32 Å². The maximum absolute atomic E-state index is 3.67. The second kappa shape index (κ2) is 4.67. The van der Waals surface area contributed by atoms with Crippen molar-refractivity contribution in [3.05, 3.63) is 22.4 Å². The zero-order valence-electron chi connectivity index (χ0n) is 9.75. The molecule has 1 fully saturated rings. The van der Waals surface area contributed by atoms with Gasteiger partial charge in [-0.15, -0.1) is 0 Å². The standard InChI is InChI=1S/C13H21NS/c1-3-14-12(11-6-9-15-10-11)13(2)7-4-5-8-13/h6,9-10,12,14H,3-5,7-8H2,1-2H3. The minimum absolute atomic E-state index is 0.483. The summed E-state index contributed by atoms with van der Waals surface area (Å²) in [5, 5.41) is 8.17. The molecule has 1 aliphatic carbocycles. The van der Waals surface area contributed by atoms with Crippen molar-refractivity contribution >= 4 is 11.3 Å². The first-order valence-electron chi connectivity index (χ1n) is 6.02. The summed E-state index contributed by atoms with van der Waals surface area (Å²) < 4.78 is 0. The SMILES string of the molecule is CCNC(c1ccsc1)C1(C)CCCC1. The Balaban J connectivity index is 2.19. The van der Waals surface area contributed by atoms with Crippen LogP contribution in [-0.2, 0) is 0 Å². The number of rotatable bonds is 4. The quantitative estimate of drug-likeness (QED) is 0.814. The molecule has 0 bridgehead atoms. The van der Waals surface area contributed by atoms with E-state index in [1.54, 1.807) is 0 Å². The van der Waals surface area contributed by atoms with E-state index in [9.17, 15) is 0 Å². The summed E-state index contributed by atoms with van der Waals surface area (Å²) in [6.45, 7) is 5.72. The van der Waals surface area contributed by atoms with E-state index in [0.717, 1.165) is 6.54 Å². The van der Waals surface area contributed by atoms with E-state index in [0.29, 0.717) is 11.5 Å². The van der Waals surface area contributed by atoms with E-state index in [2.05, 4.69) is 36.0 Å². The minimum atomic E-state index is 0.483. The van der Waals surface area contributed by atoms with Crippen LogP contribution in [0.3, 0.4) is 0 Å². The molecule has 1 aliphatic rings. The fourth-order valence-electron chi connectivity index (χ4n) is 2.88. The van der Waals surface area contributed by atoms with E-state index >= 15 is 0 Å². The van der Waals surface area contributed by atoms with Crippen LogP contribution in [-0.4, -0.2) is 6.54 Å². The van der Waals surface area contributed by atoms with Crippen LogP contribution < -0.4 is 5.32 Å². The summed E-state index contributed by atoms with van der Waals surface area (Å²) in [6.07, 6.45) is 5.56. The lowest BCUT2D eigenvalue weighted by Gasteiger charge is -2.34. The first-order valence-corrected chi connectivity index (χ1v) is 6.96. The maximum atomic E-state index is 3.67. The van der Waals surface area contributed by atoms with E-state index in [-0.39, 0.29) is 0 Å². The molecule has 1 aromatic rings. The molecule has 2 heteroatoms. The third kappa shape index (κ3) is 2.26. The lowest BCUT2D eigenvalue weighted by atomic mass is 9.78. The van der Waals surface area contributed by atoms with Gasteiger partial charge in [-0.2, -0.15) is 11.3 Å². The molecular weight excluding hydrogens is 202 g/mol. The van der Waals surface area contributed by atoms with Crippen molar-refractivity contribution in [1.29, 1.82) is 0 Å². The Labute approximate surface area is 96.9 Å². The third-order valence-corrected chi connectivity index (χ3v) is 4.43. The number of hydrogen-bond donors (Lipinski definition) is 1. The Morgan fingerprint density at radius 2 is 2.20 bits per heavy atom. The zero-order valence-corrected chi connectivity index (χ0v) is 10.6. The molecule has 0 aliphatic heterocycles. The van der Waals surface area contributed by atoms with Gasteiger partial charge in [0.15, 0.2) is 0 Å². The van der Waals surface area contributed by atoms with Crippen molar-refractivity contribution in [2.75, 3.05) is 6.54 Å². The molecule has 1 heterocycles. The molecule has 15 heavy (non-hydrogen) atoms. The fraction of sp³-hybridized carbons (Fsp3) is 0.692. The molecule has 0 radical (unpaired) electrons. The molecule has 1 atom stereocenters. The molecule has 2 rings (SSSR count). The second-order valence-corrected chi connectivity index (χ2v) is 5.69. The monoisotopic (exact) mass is 223 g/mol. The molecule has 1 nitrogen and oxygen atoms in total. The average molecular weight is 223 g/mol. The smallest absolute Gasteiger partial charge is 0.0382 e. The molecular formula is C13H21NS. The van der Waals surface area contributed by atoms with Gasteiger partial charge in [-0.25, -0.2) is 0 Å². The van der Waals surface area contributed by atoms with E-state index in [1.165, 1.54) is 31.2 Å². The van der Waals surface area contributed by atoms with E-state index in [4.69, 9.17) is 0 Å². The van der Waals surface area contributed by atoms with Crippen LogP contribution in [0.1, 0.15) is 51.1 Å². The van der Waals surface area contributed by atoms with Gasteiger partial charge in [-0.1, -0.05) is 26.7 Å². The minimum Gasteiger partial charge on any atom is -0.310 e. The van der Waals surface area contributed by atoms with E-state index < -0.39 is 0 Å². The Hall–Kier alpha value is -0.340. The highest BCUT2D eigenvalue weighted by Gasteiger charge is 2.37. The van der Waals surface area contributed by atoms with E-state index in [1.807, 2.05) is 11.3 Å².